The van der Waals surface area contributed by atoms with Crippen LogP contribution in [0.15, 0.2) is 30.3 Å². The molecule has 2 amide bonds. The maximum atomic E-state index is 11.4. The summed E-state index contributed by atoms with van der Waals surface area (Å²) in [7, 11) is 0. The van der Waals surface area contributed by atoms with Crippen LogP contribution in [-0.2, 0) is 0 Å². The second kappa shape index (κ2) is 9.22. The van der Waals surface area contributed by atoms with Crippen LogP contribution in [0, 0.1) is 0 Å². The molecule has 0 aliphatic carbocycles. The van der Waals surface area contributed by atoms with Gasteiger partial charge in [0.1, 0.15) is 5.75 Å². The molecule has 0 unspecified atom stereocenters. The van der Waals surface area contributed by atoms with Gasteiger partial charge in [-0.25, -0.2) is 4.79 Å². The molecule has 106 valence electrons. The number of amides is 2. The first-order valence-corrected chi connectivity index (χ1v) is 6.55. The molecule has 0 spiro atoms. The maximum Gasteiger partial charge on any atom is 0.314 e. The second-order valence-corrected chi connectivity index (χ2v) is 4.33. The number of nitrogens with one attached hydrogen (secondary N) is 2. The molecular formula is C14H22N2O3. The van der Waals surface area contributed by atoms with Crippen molar-refractivity contribution in [2.75, 3.05) is 19.8 Å². The molecule has 1 atom stereocenters. The van der Waals surface area contributed by atoms with E-state index in [1.165, 1.54) is 0 Å². The van der Waals surface area contributed by atoms with Crippen LogP contribution >= 0.6 is 0 Å². The monoisotopic (exact) mass is 266 g/mol. The Morgan fingerprint density at radius 2 is 2.11 bits per heavy atom. The highest BCUT2D eigenvalue weighted by molar-refractivity contribution is 5.74. The van der Waals surface area contributed by atoms with Crippen molar-refractivity contribution < 1.29 is 14.6 Å². The van der Waals surface area contributed by atoms with Gasteiger partial charge in [0.05, 0.1) is 6.61 Å². The summed E-state index contributed by atoms with van der Waals surface area (Å²) in [6.07, 6.45) is 1.31. The first-order chi connectivity index (χ1) is 9.22. The normalized spacial score (nSPS) is 11.7. The molecule has 0 aliphatic heterocycles. The molecular weight excluding hydrogens is 244 g/mol. The zero-order valence-electron chi connectivity index (χ0n) is 11.3. The molecule has 19 heavy (non-hydrogen) atoms. The fourth-order valence-corrected chi connectivity index (χ4v) is 1.52. The van der Waals surface area contributed by atoms with E-state index in [9.17, 15) is 4.79 Å². The summed E-state index contributed by atoms with van der Waals surface area (Å²) in [6.45, 7) is 3.06. The number of carbonyl (C=O) groups excluding carboxylic acids is 1. The number of urea groups is 1. The van der Waals surface area contributed by atoms with Crippen LogP contribution in [0.2, 0.25) is 0 Å². The highest BCUT2D eigenvalue weighted by atomic mass is 16.5. The van der Waals surface area contributed by atoms with Gasteiger partial charge < -0.3 is 20.5 Å². The Morgan fingerprint density at radius 3 is 2.79 bits per heavy atom. The molecule has 5 nitrogen and oxygen atoms in total. The van der Waals surface area contributed by atoms with Crippen molar-refractivity contribution in [1.29, 1.82) is 0 Å². The largest absolute Gasteiger partial charge is 0.494 e. The van der Waals surface area contributed by atoms with E-state index in [-0.39, 0.29) is 18.7 Å². The summed E-state index contributed by atoms with van der Waals surface area (Å²) in [5.41, 5.74) is 0. The Morgan fingerprint density at radius 1 is 1.37 bits per heavy atom. The van der Waals surface area contributed by atoms with Crippen LogP contribution in [0.3, 0.4) is 0 Å². The fraction of sp³-hybridized carbons (Fsp3) is 0.500. The second-order valence-electron chi connectivity index (χ2n) is 4.33. The molecule has 0 saturated heterocycles. The third-order valence-corrected chi connectivity index (χ3v) is 2.56. The van der Waals surface area contributed by atoms with Crippen LogP contribution in [0.1, 0.15) is 19.8 Å². The first-order valence-electron chi connectivity index (χ1n) is 6.55. The summed E-state index contributed by atoms with van der Waals surface area (Å²) >= 11 is 0. The minimum atomic E-state index is -0.208. The summed E-state index contributed by atoms with van der Waals surface area (Å²) in [5.74, 6) is 0.837. The zero-order valence-corrected chi connectivity index (χ0v) is 11.3. The van der Waals surface area contributed by atoms with Crippen LogP contribution in [0.4, 0.5) is 4.79 Å². The van der Waals surface area contributed by atoms with E-state index < -0.39 is 0 Å². The van der Waals surface area contributed by atoms with Crippen molar-refractivity contribution in [3.63, 3.8) is 0 Å². The van der Waals surface area contributed by atoms with Crippen molar-refractivity contribution in [2.24, 2.45) is 0 Å². The highest BCUT2D eigenvalue weighted by Gasteiger charge is 2.05. The van der Waals surface area contributed by atoms with Crippen molar-refractivity contribution in [3.8, 4) is 5.75 Å². The SMILES string of the molecule is C[C@H](CCO)NC(=O)NCCCOc1ccccc1. The van der Waals surface area contributed by atoms with Crippen molar-refractivity contribution in [3.05, 3.63) is 30.3 Å². The minimum absolute atomic E-state index is 0.0226. The average molecular weight is 266 g/mol. The zero-order chi connectivity index (χ0) is 13.9. The van der Waals surface area contributed by atoms with Crippen LogP contribution < -0.4 is 15.4 Å². The van der Waals surface area contributed by atoms with E-state index in [0.29, 0.717) is 19.6 Å². The van der Waals surface area contributed by atoms with Crippen molar-refractivity contribution >= 4 is 6.03 Å². The van der Waals surface area contributed by atoms with Gasteiger partial charge >= 0.3 is 6.03 Å². The van der Waals surface area contributed by atoms with E-state index in [4.69, 9.17) is 9.84 Å². The molecule has 3 N–H and O–H groups in total. The predicted octanol–water partition coefficient (Wildman–Crippen LogP) is 1.53. The number of aliphatic hydroxyl groups is 1. The van der Waals surface area contributed by atoms with Gasteiger partial charge in [-0.2, -0.15) is 0 Å². The highest BCUT2D eigenvalue weighted by Crippen LogP contribution is 2.07. The van der Waals surface area contributed by atoms with Gasteiger partial charge in [0.25, 0.3) is 0 Å². The molecule has 0 aliphatic rings. The Labute approximate surface area is 114 Å². The molecule has 5 heteroatoms. The lowest BCUT2D eigenvalue weighted by atomic mass is 10.2. The fourth-order valence-electron chi connectivity index (χ4n) is 1.52. The molecule has 0 bridgehead atoms. The minimum Gasteiger partial charge on any atom is -0.494 e. The molecule has 0 fully saturated rings. The van der Waals surface area contributed by atoms with E-state index >= 15 is 0 Å². The van der Waals surface area contributed by atoms with Gasteiger partial charge in [0.2, 0.25) is 0 Å². The third kappa shape index (κ3) is 7.31. The first kappa shape index (κ1) is 15.3. The van der Waals surface area contributed by atoms with Gasteiger partial charge in [-0.15, -0.1) is 0 Å². The molecule has 1 aromatic rings. The number of hydrogen-bond donors (Lipinski definition) is 3. The van der Waals surface area contributed by atoms with Gasteiger partial charge in [-0.3, -0.25) is 0 Å². The number of para-hydroxylation sites is 1. The average Bonchev–Trinajstić information content (AvgIpc) is 2.39. The Hall–Kier alpha value is -1.75. The summed E-state index contributed by atoms with van der Waals surface area (Å²) < 4.78 is 5.50. The topological polar surface area (TPSA) is 70.6 Å². The van der Waals surface area contributed by atoms with E-state index in [0.717, 1.165) is 12.2 Å². The lowest BCUT2D eigenvalue weighted by Crippen LogP contribution is -2.41. The molecule has 0 aromatic heterocycles. The van der Waals surface area contributed by atoms with Crippen LogP contribution in [0.5, 0.6) is 5.75 Å². The number of ether oxygens (including phenoxy) is 1. The Balaban J connectivity index is 2.03. The summed E-state index contributed by atoms with van der Waals surface area (Å²) in [5, 5.41) is 14.2. The Kier molecular flexibility index (Phi) is 7.43. The lowest BCUT2D eigenvalue weighted by molar-refractivity contribution is 0.229. The van der Waals surface area contributed by atoms with E-state index in [1.807, 2.05) is 37.3 Å². The number of rotatable bonds is 8. The molecule has 1 rings (SSSR count). The maximum absolute atomic E-state index is 11.4. The van der Waals surface area contributed by atoms with Crippen molar-refractivity contribution in [2.45, 2.75) is 25.8 Å². The molecule has 1 aromatic carbocycles. The number of aliphatic hydroxyl groups excluding tert-OH is 1. The lowest BCUT2D eigenvalue weighted by Gasteiger charge is -2.13. The number of carbonyl (C=O) groups is 1. The summed E-state index contributed by atoms with van der Waals surface area (Å²) in [4.78, 5) is 11.4. The van der Waals surface area contributed by atoms with Gasteiger partial charge in [-0.05, 0) is 31.9 Å². The molecule has 0 saturated carbocycles. The molecule has 0 radical (unpaired) electrons. The third-order valence-electron chi connectivity index (χ3n) is 2.56. The van der Waals surface area contributed by atoms with Gasteiger partial charge in [0.15, 0.2) is 0 Å². The van der Waals surface area contributed by atoms with E-state index in [1.54, 1.807) is 0 Å². The van der Waals surface area contributed by atoms with Crippen LogP contribution in [-0.4, -0.2) is 36.9 Å². The van der Waals surface area contributed by atoms with Crippen molar-refractivity contribution in [1.82, 2.24) is 10.6 Å². The number of benzene rings is 1. The number of hydrogen-bond acceptors (Lipinski definition) is 3. The quantitative estimate of drug-likeness (QED) is 0.625. The molecule has 0 heterocycles. The summed E-state index contributed by atoms with van der Waals surface area (Å²) in [6, 6.07) is 9.35. The Bertz CT molecular complexity index is 357. The van der Waals surface area contributed by atoms with Gasteiger partial charge in [-0.1, -0.05) is 18.2 Å². The van der Waals surface area contributed by atoms with Crippen LogP contribution in [0.25, 0.3) is 0 Å². The smallest absolute Gasteiger partial charge is 0.314 e. The van der Waals surface area contributed by atoms with Gasteiger partial charge in [0, 0.05) is 19.2 Å². The van der Waals surface area contributed by atoms with E-state index in [2.05, 4.69) is 10.6 Å². The standard InChI is InChI=1S/C14H22N2O3/c1-12(8-10-17)16-14(18)15-9-5-11-19-13-6-3-2-4-7-13/h2-4,6-7,12,17H,5,8-11H2,1H3,(H2,15,16,18)/t12-/m1/s1. The predicted molar refractivity (Wildman–Crippen MR) is 74.3 cm³/mol.